The molecule has 5 heteroatoms. The Morgan fingerprint density at radius 2 is 2.26 bits per heavy atom. The first kappa shape index (κ1) is 15.4. The van der Waals surface area contributed by atoms with Crippen molar-refractivity contribution >= 4 is 5.91 Å². The molecule has 0 radical (unpaired) electrons. The van der Waals surface area contributed by atoms with E-state index in [0.717, 1.165) is 12.0 Å². The van der Waals surface area contributed by atoms with Gasteiger partial charge in [-0.1, -0.05) is 13.0 Å². The van der Waals surface area contributed by atoms with Crippen molar-refractivity contribution in [3.8, 4) is 5.75 Å². The molecular weight excluding hydrogens is 247 g/mol. The standard InChI is InChI=1S/C14H21FN2O2/c1-3-11(9-16)14(18)17-7-6-10-4-5-13(19-2)12(15)8-10/h4-5,8,11H,3,6-7,9,16H2,1-2H3,(H,17,18). The van der Waals surface area contributed by atoms with E-state index >= 15 is 0 Å². The number of amides is 1. The highest BCUT2D eigenvalue weighted by Gasteiger charge is 2.13. The molecule has 106 valence electrons. The van der Waals surface area contributed by atoms with Crippen molar-refractivity contribution in [2.24, 2.45) is 11.7 Å². The Labute approximate surface area is 113 Å². The van der Waals surface area contributed by atoms with Crippen molar-refractivity contribution in [3.05, 3.63) is 29.6 Å². The molecule has 0 aromatic heterocycles. The molecule has 4 nitrogen and oxygen atoms in total. The van der Waals surface area contributed by atoms with Gasteiger partial charge in [-0.2, -0.15) is 0 Å². The van der Waals surface area contributed by atoms with Crippen LogP contribution in [0.25, 0.3) is 0 Å². The highest BCUT2D eigenvalue weighted by atomic mass is 19.1. The average Bonchev–Trinajstić information content (AvgIpc) is 2.40. The van der Waals surface area contributed by atoms with E-state index in [-0.39, 0.29) is 23.4 Å². The largest absolute Gasteiger partial charge is 0.494 e. The minimum atomic E-state index is -0.389. The molecule has 0 heterocycles. The van der Waals surface area contributed by atoms with Crippen molar-refractivity contribution < 1.29 is 13.9 Å². The molecule has 1 aromatic rings. The molecule has 1 rings (SSSR count). The van der Waals surface area contributed by atoms with Crippen molar-refractivity contribution in [3.63, 3.8) is 0 Å². The van der Waals surface area contributed by atoms with E-state index in [1.165, 1.54) is 13.2 Å². The fourth-order valence-corrected chi connectivity index (χ4v) is 1.80. The van der Waals surface area contributed by atoms with Gasteiger partial charge in [-0.25, -0.2) is 4.39 Å². The van der Waals surface area contributed by atoms with E-state index < -0.39 is 0 Å². The Morgan fingerprint density at radius 3 is 2.79 bits per heavy atom. The third-order valence-electron chi connectivity index (χ3n) is 3.08. The van der Waals surface area contributed by atoms with Gasteiger partial charge < -0.3 is 15.8 Å². The predicted molar refractivity (Wildman–Crippen MR) is 72.5 cm³/mol. The summed E-state index contributed by atoms with van der Waals surface area (Å²) < 4.78 is 18.3. The number of hydrogen-bond acceptors (Lipinski definition) is 3. The Hall–Kier alpha value is -1.62. The number of carbonyl (C=O) groups is 1. The maximum absolute atomic E-state index is 13.4. The van der Waals surface area contributed by atoms with Gasteiger partial charge in [0.1, 0.15) is 0 Å². The van der Waals surface area contributed by atoms with E-state index in [2.05, 4.69) is 5.32 Å². The fraction of sp³-hybridized carbons (Fsp3) is 0.500. The minimum Gasteiger partial charge on any atom is -0.494 e. The number of hydrogen-bond donors (Lipinski definition) is 2. The van der Waals surface area contributed by atoms with Gasteiger partial charge in [-0.05, 0) is 30.5 Å². The molecule has 0 fully saturated rings. The maximum Gasteiger partial charge on any atom is 0.224 e. The number of ether oxygens (including phenoxy) is 1. The smallest absolute Gasteiger partial charge is 0.224 e. The Balaban J connectivity index is 2.45. The summed E-state index contributed by atoms with van der Waals surface area (Å²) in [5.41, 5.74) is 6.31. The number of methoxy groups -OCH3 is 1. The Kier molecular flexibility index (Phi) is 6.29. The maximum atomic E-state index is 13.4. The highest BCUT2D eigenvalue weighted by Crippen LogP contribution is 2.17. The van der Waals surface area contributed by atoms with E-state index in [9.17, 15) is 9.18 Å². The van der Waals surface area contributed by atoms with Crippen LogP contribution >= 0.6 is 0 Å². The third-order valence-corrected chi connectivity index (χ3v) is 3.08. The van der Waals surface area contributed by atoms with E-state index in [4.69, 9.17) is 10.5 Å². The lowest BCUT2D eigenvalue weighted by Crippen LogP contribution is -2.35. The van der Waals surface area contributed by atoms with Gasteiger partial charge in [0.15, 0.2) is 11.6 Å². The first-order valence-electron chi connectivity index (χ1n) is 6.42. The van der Waals surface area contributed by atoms with Crippen molar-refractivity contribution in [1.82, 2.24) is 5.32 Å². The van der Waals surface area contributed by atoms with Crippen molar-refractivity contribution in [2.45, 2.75) is 19.8 Å². The SMILES string of the molecule is CCC(CN)C(=O)NCCc1ccc(OC)c(F)c1. The van der Waals surface area contributed by atoms with Crippen LogP contribution in [-0.4, -0.2) is 26.1 Å². The molecule has 1 aromatic carbocycles. The van der Waals surface area contributed by atoms with Gasteiger partial charge in [0, 0.05) is 19.0 Å². The van der Waals surface area contributed by atoms with Crippen LogP contribution in [0.5, 0.6) is 5.75 Å². The van der Waals surface area contributed by atoms with Crippen LogP contribution in [0.1, 0.15) is 18.9 Å². The zero-order valence-electron chi connectivity index (χ0n) is 11.4. The highest BCUT2D eigenvalue weighted by molar-refractivity contribution is 5.78. The number of carbonyl (C=O) groups excluding carboxylic acids is 1. The summed E-state index contributed by atoms with van der Waals surface area (Å²) in [6.45, 7) is 2.75. The normalized spacial score (nSPS) is 12.0. The molecule has 1 unspecified atom stereocenters. The zero-order chi connectivity index (χ0) is 14.3. The van der Waals surface area contributed by atoms with Crippen molar-refractivity contribution in [2.75, 3.05) is 20.2 Å². The first-order chi connectivity index (χ1) is 9.12. The topological polar surface area (TPSA) is 64.4 Å². The summed E-state index contributed by atoms with van der Waals surface area (Å²) in [6.07, 6.45) is 1.30. The van der Waals surface area contributed by atoms with Crippen LogP contribution in [0.3, 0.4) is 0 Å². The minimum absolute atomic E-state index is 0.0426. The van der Waals surface area contributed by atoms with Gasteiger partial charge in [0.05, 0.1) is 7.11 Å². The van der Waals surface area contributed by atoms with Crippen LogP contribution in [0.4, 0.5) is 4.39 Å². The molecular formula is C14H21FN2O2. The number of benzene rings is 1. The molecule has 0 saturated heterocycles. The van der Waals surface area contributed by atoms with Crippen LogP contribution in [0.15, 0.2) is 18.2 Å². The van der Waals surface area contributed by atoms with Gasteiger partial charge in [-0.15, -0.1) is 0 Å². The average molecular weight is 268 g/mol. The summed E-state index contributed by atoms with van der Waals surface area (Å²) in [6, 6.07) is 4.79. The second kappa shape index (κ2) is 7.74. The molecule has 0 aliphatic heterocycles. The lowest BCUT2D eigenvalue weighted by Gasteiger charge is -2.12. The summed E-state index contributed by atoms with van der Waals surface area (Å²) in [5.74, 6) is -0.353. The van der Waals surface area contributed by atoms with Gasteiger partial charge in [0.25, 0.3) is 0 Å². The lowest BCUT2D eigenvalue weighted by molar-refractivity contribution is -0.124. The van der Waals surface area contributed by atoms with Gasteiger partial charge in [0.2, 0.25) is 5.91 Å². The number of rotatable bonds is 7. The quantitative estimate of drug-likeness (QED) is 0.787. The molecule has 0 aliphatic carbocycles. The van der Waals surface area contributed by atoms with E-state index in [0.29, 0.717) is 19.5 Å². The second-order valence-electron chi connectivity index (χ2n) is 4.35. The van der Waals surface area contributed by atoms with E-state index in [1.54, 1.807) is 12.1 Å². The van der Waals surface area contributed by atoms with Crippen LogP contribution in [-0.2, 0) is 11.2 Å². The molecule has 1 amide bonds. The lowest BCUT2D eigenvalue weighted by atomic mass is 10.1. The summed E-state index contributed by atoms with van der Waals surface area (Å²) in [7, 11) is 1.43. The van der Waals surface area contributed by atoms with Crippen molar-refractivity contribution in [1.29, 1.82) is 0 Å². The Bertz CT molecular complexity index is 420. The van der Waals surface area contributed by atoms with Gasteiger partial charge in [-0.3, -0.25) is 4.79 Å². The molecule has 0 saturated carbocycles. The summed E-state index contributed by atoms with van der Waals surface area (Å²) in [4.78, 5) is 11.7. The van der Waals surface area contributed by atoms with Crippen LogP contribution < -0.4 is 15.8 Å². The number of halogens is 1. The number of nitrogens with one attached hydrogen (secondary N) is 1. The third kappa shape index (κ3) is 4.52. The monoisotopic (exact) mass is 268 g/mol. The van der Waals surface area contributed by atoms with Gasteiger partial charge >= 0.3 is 0 Å². The number of nitrogens with two attached hydrogens (primary N) is 1. The fourth-order valence-electron chi connectivity index (χ4n) is 1.80. The second-order valence-corrected chi connectivity index (χ2v) is 4.35. The molecule has 0 bridgehead atoms. The molecule has 0 aliphatic rings. The van der Waals surface area contributed by atoms with Crippen LogP contribution in [0, 0.1) is 11.7 Å². The molecule has 0 spiro atoms. The van der Waals surface area contributed by atoms with Crippen LogP contribution in [0.2, 0.25) is 0 Å². The zero-order valence-corrected chi connectivity index (χ0v) is 11.4. The predicted octanol–water partition coefficient (Wildman–Crippen LogP) is 1.48. The Morgan fingerprint density at radius 1 is 1.53 bits per heavy atom. The molecule has 1 atom stereocenters. The molecule has 3 N–H and O–H groups in total. The summed E-state index contributed by atoms with van der Waals surface area (Å²) >= 11 is 0. The summed E-state index contributed by atoms with van der Waals surface area (Å²) in [5, 5.41) is 2.81. The van der Waals surface area contributed by atoms with E-state index in [1.807, 2.05) is 6.92 Å². The molecule has 19 heavy (non-hydrogen) atoms. The first-order valence-corrected chi connectivity index (χ1v) is 6.42.